The maximum atomic E-state index is 5.28. The van der Waals surface area contributed by atoms with Crippen molar-refractivity contribution in [3.63, 3.8) is 0 Å². The van der Waals surface area contributed by atoms with Gasteiger partial charge < -0.3 is 10.5 Å². The van der Waals surface area contributed by atoms with Gasteiger partial charge in [-0.15, -0.1) is 0 Å². The van der Waals surface area contributed by atoms with Crippen LogP contribution in [0.3, 0.4) is 0 Å². The third kappa shape index (κ3) is 12.6. The Bertz CT molecular complexity index is 249. The van der Waals surface area contributed by atoms with Crippen LogP contribution in [-0.4, -0.2) is 6.10 Å². The second kappa shape index (κ2) is 9.13. The van der Waals surface area contributed by atoms with Gasteiger partial charge in [-0.25, -0.2) is 0 Å². The Morgan fingerprint density at radius 3 is 1.87 bits per heavy atom. The molecule has 0 aromatic carbocycles. The first-order valence-corrected chi connectivity index (χ1v) is 4.90. The molecule has 0 aliphatic rings. The first kappa shape index (κ1) is 16.0. The van der Waals surface area contributed by atoms with Crippen molar-refractivity contribution in [3.05, 3.63) is 48.9 Å². The molecule has 15 heavy (non-hydrogen) atoms. The summed E-state index contributed by atoms with van der Waals surface area (Å²) in [6.07, 6.45) is 3.74. The van der Waals surface area contributed by atoms with Crippen molar-refractivity contribution in [3.8, 4) is 0 Å². The summed E-state index contributed by atoms with van der Waals surface area (Å²) in [5.41, 5.74) is 6.99. The highest BCUT2D eigenvalue weighted by atomic mass is 16.5. The highest BCUT2D eigenvalue weighted by Gasteiger charge is 1.90. The topological polar surface area (TPSA) is 35.2 Å². The molecule has 0 bridgehead atoms. The Morgan fingerprint density at radius 1 is 1.33 bits per heavy atom. The molecule has 0 amide bonds. The quantitative estimate of drug-likeness (QED) is 0.568. The number of nitrogens with two attached hydrogens (primary N) is 1. The van der Waals surface area contributed by atoms with E-state index in [1.165, 1.54) is 0 Å². The number of allylic oxidation sites excluding steroid dienone is 3. The van der Waals surface area contributed by atoms with Gasteiger partial charge in [-0.05, 0) is 39.3 Å². The van der Waals surface area contributed by atoms with Crippen molar-refractivity contribution in [2.45, 2.75) is 33.8 Å². The van der Waals surface area contributed by atoms with Crippen LogP contribution in [0.15, 0.2) is 48.9 Å². The van der Waals surface area contributed by atoms with Gasteiger partial charge in [-0.2, -0.15) is 0 Å². The summed E-state index contributed by atoms with van der Waals surface area (Å²) in [5.74, 6) is 0.639. The molecule has 0 atom stereocenters. The molecule has 0 aromatic rings. The predicted molar refractivity (Wildman–Crippen MR) is 68.3 cm³/mol. The molecule has 0 rings (SSSR count). The molecule has 0 radical (unpaired) electrons. The number of hydrogen-bond donors (Lipinski definition) is 1. The lowest BCUT2D eigenvalue weighted by molar-refractivity contribution is 0.159. The molecule has 0 heterocycles. The van der Waals surface area contributed by atoms with E-state index in [-0.39, 0.29) is 6.10 Å². The maximum absolute atomic E-state index is 5.28. The normalized spacial score (nSPS) is 10.1. The molecule has 0 saturated heterocycles. The van der Waals surface area contributed by atoms with Crippen LogP contribution in [0.5, 0.6) is 0 Å². The standard InChI is InChI=1S/C7H12O.C6H11N/c1-5-7(4)8-6(2)3;1-4-5(2)6(3)7/h5-6H,1,4H2,2-3H3;4H,3,7H2,1-2H3/b;5-4+. The summed E-state index contributed by atoms with van der Waals surface area (Å²) >= 11 is 0. The van der Waals surface area contributed by atoms with Crippen molar-refractivity contribution >= 4 is 0 Å². The lowest BCUT2D eigenvalue weighted by atomic mass is 10.2. The molecular formula is C13H23NO. The SMILES string of the molecule is C=C(N)/C(C)=C/C.C=CC(=C)OC(C)C. The minimum Gasteiger partial charge on any atom is -0.492 e. The third-order valence-electron chi connectivity index (χ3n) is 1.55. The Hall–Kier alpha value is -1.44. The molecule has 0 aromatic heterocycles. The molecule has 0 fully saturated rings. The van der Waals surface area contributed by atoms with Crippen LogP contribution in [0.1, 0.15) is 27.7 Å². The minimum atomic E-state index is 0.209. The Kier molecular flexibility index (Phi) is 9.74. The maximum Gasteiger partial charge on any atom is 0.111 e. The Morgan fingerprint density at radius 2 is 1.80 bits per heavy atom. The molecule has 86 valence electrons. The summed E-state index contributed by atoms with van der Waals surface area (Å²) in [6, 6.07) is 0. The van der Waals surface area contributed by atoms with Crippen LogP contribution in [0.4, 0.5) is 0 Å². The van der Waals surface area contributed by atoms with E-state index in [0.29, 0.717) is 11.5 Å². The molecule has 2 heteroatoms. The average molecular weight is 209 g/mol. The number of rotatable bonds is 4. The smallest absolute Gasteiger partial charge is 0.111 e. The lowest BCUT2D eigenvalue weighted by Crippen LogP contribution is -1.98. The summed E-state index contributed by atoms with van der Waals surface area (Å²) in [6.45, 7) is 18.4. The van der Waals surface area contributed by atoms with Gasteiger partial charge in [-0.3, -0.25) is 0 Å². The van der Waals surface area contributed by atoms with Crippen molar-refractivity contribution in [1.29, 1.82) is 0 Å². The number of hydrogen-bond acceptors (Lipinski definition) is 2. The van der Waals surface area contributed by atoms with Gasteiger partial charge in [0.2, 0.25) is 0 Å². The molecule has 0 spiro atoms. The van der Waals surface area contributed by atoms with Crippen LogP contribution in [0, 0.1) is 0 Å². The second-order valence-electron chi connectivity index (χ2n) is 3.33. The highest BCUT2D eigenvalue weighted by Crippen LogP contribution is 1.98. The summed E-state index contributed by atoms with van der Waals surface area (Å²) < 4.78 is 5.09. The van der Waals surface area contributed by atoms with E-state index >= 15 is 0 Å². The Balaban J connectivity index is 0. The van der Waals surface area contributed by atoms with Crippen molar-refractivity contribution < 1.29 is 4.74 Å². The number of ether oxygens (including phenoxy) is 1. The Labute approximate surface area is 93.8 Å². The van der Waals surface area contributed by atoms with Crippen LogP contribution >= 0.6 is 0 Å². The zero-order valence-corrected chi connectivity index (χ0v) is 10.3. The third-order valence-corrected chi connectivity index (χ3v) is 1.55. The van der Waals surface area contributed by atoms with E-state index in [2.05, 4.69) is 19.7 Å². The predicted octanol–water partition coefficient (Wildman–Crippen LogP) is 3.54. The van der Waals surface area contributed by atoms with Gasteiger partial charge in [0, 0.05) is 5.70 Å². The van der Waals surface area contributed by atoms with Gasteiger partial charge >= 0.3 is 0 Å². The van der Waals surface area contributed by atoms with Crippen LogP contribution in [0.25, 0.3) is 0 Å². The highest BCUT2D eigenvalue weighted by molar-refractivity contribution is 5.21. The van der Waals surface area contributed by atoms with Crippen molar-refractivity contribution in [1.82, 2.24) is 0 Å². The molecule has 2 N–H and O–H groups in total. The van der Waals surface area contributed by atoms with E-state index in [1.807, 2.05) is 33.8 Å². The fourth-order valence-corrected chi connectivity index (χ4v) is 0.536. The minimum absolute atomic E-state index is 0.209. The average Bonchev–Trinajstić information content (AvgIpc) is 2.16. The van der Waals surface area contributed by atoms with Gasteiger partial charge in [-0.1, -0.05) is 25.8 Å². The summed E-state index contributed by atoms with van der Waals surface area (Å²) in [4.78, 5) is 0. The summed E-state index contributed by atoms with van der Waals surface area (Å²) in [7, 11) is 0. The summed E-state index contributed by atoms with van der Waals surface area (Å²) in [5, 5.41) is 0. The van der Waals surface area contributed by atoms with Crippen LogP contribution in [0.2, 0.25) is 0 Å². The molecular weight excluding hydrogens is 186 g/mol. The van der Waals surface area contributed by atoms with Crippen LogP contribution in [-0.2, 0) is 4.74 Å². The van der Waals surface area contributed by atoms with E-state index in [4.69, 9.17) is 10.5 Å². The first-order valence-electron chi connectivity index (χ1n) is 4.90. The fraction of sp³-hybridized carbons (Fsp3) is 0.385. The second-order valence-corrected chi connectivity index (χ2v) is 3.33. The van der Waals surface area contributed by atoms with Gasteiger partial charge in [0.15, 0.2) is 0 Å². The van der Waals surface area contributed by atoms with Gasteiger partial charge in [0.05, 0.1) is 6.10 Å². The van der Waals surface area contributed by atoms with E-state index in [9.17, 15) is 0 Å². The molecule has 0 aliphatic heterocycles. The zero-order chi connectivity index (χ0) is 12.4. The monoisotopic (exact) mass is 209 g/mol. The van der Waals surface area contributed by atoms with Crippen molar-refractivity contribution in [2.24, 2.45) is 5.73 Å². The van der Waals surface area contributed by atoms with E-state index < -0.39 is 0 Å². The molecule has 0 aliphatic carbocycles. The van der Waals surface area contributed by atoms with Gasteiger partial charge in [0.1, 0.15) is 5.76 Å². The molecule has 0 saturated carbocycles. The largest absolute Gasteiger partial charge is 0.492 e. The van der Waals surface area contributed by atoms with E-state index in [1.54, 1.807) is 6.08 Å². The van der Waals surface area contributed by atoms with Crippen LogP contribution < -0.4 is 5.73 Å². The fourth-order valence-electron chi connectivity index (χ4n) is 0.536. The van der Waals surface area contributed by atoms with Crippen molar-refractivity contribution in [2.75, 3.05) is 0 Å². The zero-order valence-electron chi connectivity index (χ0n) is 10.3. The van der Waals surface area contributed by atoms with Gasteiger partial charge in [0.25, 0.3) is 0 Å². The molecule has 0 unspecified atom stereocenters. The molecule has 2 nitrogen and oxygen atoms in total. The lowest BCUT2D eigenvalue weighted by Gasteiger charge is -2.07. The van der Waals surface area contributed by atoms with E-state index in [0.717, 1.165) is 5.57 Å². The first-order chi connectivity index (χ1) is 6.84.